The van der Waals surface area contributed by atoms with Crippen LogP contribution >= 0.6 is 22.6 Å². The lowest BCUT2D eigenvalue weighted by molar-refractivity contribution is 0.0152. The molecule has 0 saturated carbocycles. The number of amides is 1. The van der Waals surface area contributed by atoms with Crippen molar-refractivity contribution in [2.45, 2.75) is 44.6 Å². The number of nitrogens with zero attached hydrogens (tertiary/aromatic N) is 2. The monoisotopic (exact) mass is 458 g/mol. The molecule has 3 rings (SSSR count). The summed E-state index contributed by atoms with van der Waals surface area (Å²) in [7, 11) is 0. The highest BCUT2D eigenvalue weighted by Gasteiger charge is 2.46. The van der Waals surface area contributed by atoms with Gasteiger partial charge in [0.15, 0.2) is 11.6 Å². The minimum absolute atomic E-state index is 0.258. The summed E-state index contributed by atoms with van der Waals surface area (Å²) in [5, 5.41) is 9.25. The first kappa shape index (κ1) is 18.2. The number of benzene rings is 1. The number of hydrogen-bond acceptors (Lipinski definition) is 4. The van der Waals surface area contributed by atoms with Crippen LogP contribution in [-0.4, -0.2) is 36.3 Å². The Balaban J connectivity index is 1.82. The van der Waals surface area contributed by atoms with Crippen LogP contribution in [0, 0.1) is 20.7 Å². The Bertz CT molecular complexity index is 759. The highest BCUT2D eigenvalue weighted by molar-refractivity contribution is 14.1. The molecule has 134 valence electrons. The van der Waals surface area contributed by atoms with Crippen LogP contribution in [0.1, 0.15) is 44.7 Å². The molecule has 1 aromatic rings. The molecule has 0 bridgehead atoms. The number of halogens is 2. The highest BCUT2D eigenvalue weighted by atomic mass is 127. The van der Waals surface area contributed by atoms with Crippen LogP contribution in [0.3, 0.4) is 0 Å². The summed E-state index contributed by atoms with van der Waals surface area (Å²) in [6, 6.07) is 3.80. The summed E-state index contributed by atoms with van der Waals surface area (Å²) < 4.78 is 25.9. The Morgan fingerprint density at radius 1 is 1.44 bits per heavy atom. The first-order chi connectivity index (χ1) is 11.7. The van der Waals surface area contributed by atoms with E-state index in [9.17, 15) is 14.4 Å². The largest absolute Gasteiger partial charge is 0.489 e. The van der Waals surface area contributed by atoms with Gasteiger partial charge in [-0.1, -0.05) is 0 Å². The molecule has 7 heteroatoms. The molecule has 0 aliphatic carbocycles. The molecule has 2 heterocycles. The third-order valence-corrected chi connectivity index (χ3v) is 5.77. The molecule has 1 spiro atoms. The summed E-state index contributed by atoms with van der Waals surface area (Å²) >= 11 is 1.83. The lowest BCUT2D eigenvalue weighted by atomic mass is 9.74. The summed E-state index contributed by atoms with van der Waals surface area (Å²) in [4.78, 5) is 13.9. The van der Waals surface area contributed by atoms with Gasteiger partial charge < -0.3 is 14.4 Å². The summed E-state index contributed by atoms with van der Waals surface area (Å²) in [5.41, 5.74) is 0.212. The summed E-state index contributed by atoms with van der Waals surface area (Å²) in [5.74, 6) is -0.199. The molecule has 1 aromatic carbocycles. The number of ether oxygens (including phenoxy) is 2. The molecule has 1 amide bonds. The van der Waals surface area contributed by atoms with Crippen molar-refractivity contribution < 1.29 is 18.7 Å². The van der Waals surface area contributed by atoms with Gasteiger partial charge in [0, 0.05) is 24.1 Å². The number of piperidine rings is 1. The maximum atomic E-state index is 14.5. The van der Waals surface area contributed by atoms with Crippen molar-refractivity contribution in [1.29, 1.82) is 5.26 Å². The normalized spacial score (nSPS) is 18.5. The maximum Gasteiger partial charge on any atom is 0.410 e. The van der Waals surface area contributed by atoms with Gasteiger partial charge in [-0.2, -0.15) is 5.26 Å². The van der Waals surface area contributed by atoms with Gasteiger partial charge in [-0.05, 0) is 62.3 Å². The van der Waals surface area contributed by atoms with E-state index in [1.165, 1.54) is 0 Å². The molecular formula is C18H20FIN2O3. The lowest BCUT2D eigenvalue weighted by Crippen LogP contribution is -2.47. The van der Waals surface area contributed by atoms with Crippen molar-refractivity contribution in [3.8, 4) is 11.8 Å². The SMILES string of the molecule is CC(C)(C)OC(=O)N1CCC2(CC1)COc1c2cc(C#N)c(I)c1F. The molecule has 0 aromatic heterocycles. The van der Waals surface area contributed by atoms with E-state index < -0.39 is 11.4 Å². The number of rotatable bonds is 0. The molecule has 2 aliphatic rings. The Morgan fingerprint density at radius 2 is 2.08 bits per heavy atom. The zero-order chi connectivity index (χ0) is 18.4. The molecule has 25 heavy (non-hydrogen) atoms. The van der Waals surface area contributed by atoms with E-state index in [2.05, 4.69) is 6.07 Å². The fourth-order valence-corrected chi connectivity index (χ4v) is 3.89. The standard InChI is InChI=1S/C18H20FIN2O3/c1-17(2,3)25-16(23)22-6-4-18(5-7-22)10-24-15-12(18)8-11(9-21)14(20)13(15)19/h8H,4-7,10H2,1-3H3. The second-order valence-electron chi connectivity index (χ2n) is 7.58. The van der Waals surface area contributed by atoms with E-state index in [4.69, 9.17) is 9.47 Å². The number of carbonyl (C=O) groups excluding carboxylic acids is 1. The average Bonchev–Trinajstić information content (AvgIpc) is 2.88. The van der Waals surface area contributed by atoms with Gasteiger partial charge in [0.2, 0.25) is 0 Å². The highest BCUT2D eigenvalue weighted by Crippen LogP contribution is 2.48. The van der Waals surface area contributed by atoms with Crippen molar-refractivity contribution in [3.63, 3.8) is 0 Å². The topological polar surface area (TPSA) is 62.6 Å². The molecule has 0 N–H and O–H groups in total. The van der Waals surface area contributed by atoms with E-state index in [0.717, 1.165) is 5.56 Å². The quantitative estimate of drug-likeness (QED) is 0.553. The van der Waals surface area contributed by atoms with Crippen molar-refractivity contribution in [3.05, 3.63) is 26.6 Å². The van der Waals surface area contributed by atoms with Crippen LogP contribution in [0.2, 0.25) is 0 Å². The number of nitriles is 1. The smallest absolute Gasteiger partial charge is 0.410 e. The van der Waals surface area contributed by atoms with Gasteiger partial charge in [-0.3, -0.25) is 0 Å². The fourth-order valence-electron chi connectivity index (χ4n) is 3.37. The predicted molar refractivity (Wildman–Crippen MR) is 98.0 cm³/mol. The Hall–Kier alpha value is -1.56. The van der Waals surface area contributed by atoms with E-state index >= 15 is 0 Å². The zero-order valence-electron chi connectivity index (χ0n) is 14.5. The van der Waals surface area contributed by atoms with Crippen LogP contribution in [0.25, 0.3) is 0 Å². The Morgan fingerprint density at radius 3 is 2.64 bits per heavy atom. The first-order valence-corrected chi connectivity index (χ1v) is 9.28. The van der Waals surface area contributed by atoms with E-state index in [0.29, 0.717) is 41.7 Å². The number of carbonyl (C=O) groups is 1. The van der Waals surface area contributed by atoms with Crippen LogP contribution in [0.15, 0.2) is 6.07 Å². The zero-order valence-corrected chi connectivity index (χ0v) is 16.6. The van der Waals surface area contributed by atoms with Crippen molar-refractivity contribution in [1.82, 2.24) is 4.90 Å². The number of hydrogen-bond donors (Lipinski definition) is 0. The van der Waals surface area contributed by atoms with Crippen molar-refractivity contribution >= 4 is 28.7 Å². The van der Waals surface area contributed by atoms with Crippen LogP contribution < -0.4 is 4.74 Å². The van der Waals surface area contributed by atoms with Gasteiger partial charge >= 0.3 is 6.09 Å². The second kappa shape index (κ2) is 6.31. The Kier molecular flexibility index (Phi) is 4.60. The predicted octanol–water partition coefficient (Wildman–Crippen LogP) is 3.96. The fraction of sp³-hybridized carbons (Fsp3) is 0.556. The van der Waals surface area contributed by atoms with E-state index in [1.807, 2.05) is 43.4 Å². The summed E-state index contributed by atoms with van der Waals surface area (Å²) in [6.07, 6.45) is 0.988. The molecule has 5 nitrogen and oxygen atoms in total. The Labute approximate surface area is 160 Å². The van der Waals surface area contributed by atoms with Crippen LogP contribution in [0.4, 0.5) is 9.18 Å². The maximum absolute atomic E-state index is 14.5. The summed E-state index contributed by atoms with van der Waals surface area (Å²) in [6.45, 7) is 6.94. The molecule has 0 radical (unpaired) electrons. The number of likely N-dealkylation sites (tertiary alicyclic amines) is 1. The van der Waals surface area contributed by atoms with Gasteiger partial charge in [-0.25, -0.2) is 9.18 Å². The molecule has 2 aliphatic heterocycles. The van der Waals surface area contributed by atoms with Gasteiger partial charge in [-0.15, -0.1) is 0 Å². The third-order valence-electron chi connectivity index (χ3n) is 4.72. The molecule has 1 saturated heterocycles. The van der Waals surface area contributed by atoms with Crippen LogP contribution in [-0.2, 0) is 10.2 Å². The lowest BCUT2D eigenvalue weighted by Gasteiger charge is -2.38. The van der Waals surface area contributed by atoms with Crippen molar-refractivity contribution in [2.75, 3.05) is 19.7 Å². The van der Waals surface area contributed by atoms with Gasteiger partial charge in [0.05, 0.1) is 15.7 Å². The minimum Gasteiger partial charge on any atom is -0.489 e. The minimum atomic E-state index is -0.531. The van der Waals surface area contributed by atoms with Gasteiger partial charge in [0.1, 0.15) is 11.7 Å². The van der Waals surface area contributed by atoms with E-state index in [1.54, 1.807) is 11.0 Å². The average molecular weight is 458 g/mol. The molecule has 0 atom stereocenters. The molecular weight excluding hydrogens is 438 g/mol. The van der Waals surface area contributed by atoms with Crippen LogP contribution in [0.5, 0.6) is 5.75 Å². The molecule has 1 fully saturated rings. The third kappa shape index (κ3) is 3.28. The van der Waals surface area contributed by atoms with E-state index in [-0.39, 0.29) is 17.3 Å². The van der Waals surface area contributed by atoms with Crippen molar-refractivity contribution in [2.24, 2.45) is 0 Å². The number of fused-ring (bicyclic) bond motifs is 2. The van der Waals surface area contributed by atoms with Gasteiger partial charge in [0.25, 0.3) is 0 Å². The molecule has 0 unspecified atom stereocenters. The first-order valence-electron chi connectivity index (χ1n) is 8.20. The second-order valence-corrected chi connectivity index (χ2v) is 8.66.